The summed E-state index contributed by atoms with van der Waals surface area (Å²) in [5.74, 6) is -0.910. The monoisotopic (exact) mass is 417 g/mol. The molecule has 0 saturated heterocycles. The molecule has 0 spiro atoms. The topological polar surface area (TPSA) is 84.3 Å². The van der Waals surface area contributed by atoms with E-state index in [1.807, 2.05) is 42.6 Å². The smallest absolute Gasteiger partial charge is 0.329 e. The third-order valence-corrected chi connectivity index (χ3v) is 5.61. The summed E-state index contributed by atoms with van der Waals surface area (Å²) in [5.41, 5.74) is 4.77. The van der Waals surface area contributed by atoms with Crippen LogP contribution in [0.3, 0.4) is 0 Å². The van der Waals surface area contributed by atoms with Crippen LogP contribution in [0.15, 0.2) is 66.9 Å². The maximum absolute atomic E-state index is 10.7. The van der Waals surface area contributed by atoms with Crippen LogP contribution in [-0.4, -0.2) is 39.8 Å². The average molecular weight is 418 g/mol. The summed E-state index contributed by atoms with van der Waals surface area (Å²) in [6, 6.07) is 20.7. The van der Waals surface area contributed by atoms with Crippen molar-refractivity contribution >= 4 is 5.97 Å². The van der Waals surface area contributed by atoms with E-state index in [1.54, 1.807) is 0 Å². The van der Waals surface area contributed by atoms with Gasteiger partial charge >= 0.3 is 5.97 Å². The molecule has 0 unspecified atom stereocenters. The molecule has 0 amide bonds. The molecule has 0 bridgehead atoms. The second-order valence-corrected chi connectivity index (χ2v) is 7.85. The van der Waals surface area contributed by atoms with Gasteiger partial charge in [0.15, 0.2) is 0 Å². The predicted octanol–water partition coefficient (Wildman–Crippen LogP) is 4.31. The highest BCUT2D eigenvalue weighted by atomic mass is 16.5. The van der Waals surface area contributed by atoms with Crippen LogP contribution < -0.4 is 5.32 Å². The number of hydrogen-bond donors (Lipinski definition) is 2. The van der Waals surface area contributed by atoms with Crippen LogP contribution in [-0.2, 0) is 16.1 Å². The molecule has 0 aliphatic heterocycles. The maximum Gasteiger partial charge on any atom is 0.329 e. The highest BCUT2D eigenvalue weighted by molar-refractivity contribution is 5.77. The zero-order valence-electron chi connectivity index (χ0n) is 17.4. The molecule has 160 valence electrons. The van der Waals surface area contributed by atoms with Crippen molar-refractivity contribution in [2.24, 2.45) is 0 Å². The van der Waals surface area contributed by atoms with Crippen LogP contribution in [0, 0.1) is 0 Å². The van der Waals surface area contributed by atoms with Crippen molar-refractivity contribution in [3.63, 3.8) is 0 Å². The molecule has 3 aromatic rings. The van der Waals surface area contributed by atoms with Gasteiger partial charge in [0.25, 0.3) is 0 Å². The van der Waals surface area contributed by atoms with E-state index in [0.717, 1.165) is 53.9 Å². The molecule has 6 nitrogen and oxygen atoms in total. The van der Waals surface area contributed by atoms with Crippen molar-refractivity contribution < 1.29 is 14.6 Å². The van der Waals surface area contributed by atoms with Crippen molar-refractivity contribution in [1.29, 1.82) is 0 Å². The molecule has 2 N–H and O–H groups in total. The molecule has 1 aliphatic carbocycles. The second-order valence-electron chi connectivity index (χ2n) is 7.85. The van der Waals surface area contributed by atoms with Gasteiger partial charge in [0.1, 0.15) is 6.61 Å². The Balaban J connectivity index is 1.43. The molecule has 2 aromatic carbocycles. The predicted molar refractivity (Wildman–Crippen MR) is 119 cm³/mol. The number of benzene rings is 2. The van der Waals surface area contributed by atoms with Gasteiger partial charge in [-0.05, 0) is 25.7 Å². The summed E-state index contributed by atoms with van der Waals surface area (Å²) in [4.78, 5) is 20.4. The molecule has 1 saturated carbocycles. The van der Waals surface area contributed by atoms with E-state index in [0.29, 0.717) is 12.6 Å². The number of hydrogen-bond acceptors (Lipinski definition) is 5. The number of carbonyl (C=O) groups is 1. The van der Waals surface area contributed by atoms with E-state index < -0.39 is 5.97 Å². The van der Waals surface area contributed by atoms with E-state index >= 15 is 0 Å². The van der Waals surface area contributed by atoms with Crippen LogP contribution in [0.25, 0.3) is 22.5 Å². The van der Waals surface area contributed by atoms with Gasteiger partial charge < -0.3 is 15.2 Å². The summed E-state index contributed by atoms with van der Waals surface area (Å²) in [6.07, 6.45) is 5.57. The third kappa shape index (κ3) is 5.75. The summed E-state index contributed by atoms with van der Waals surface area (Å²) in [7, 11) is 0. The fourth-order valence-corrected chi connectivity index (χ4v) is 3.99. The van der Waals surface area contributed by atoms with Crippen molar-refractivity contribution in [3.8, 4) is 22.5 Å². The van der Waals surface area contributed by atoms with Crippen LogP contribution in [0.1, 0.15) is 31.4 Å². The van der Waals surface area contributed by atoms with Gasteiger partial charge in [-0.15, -0.1) is 0 Å². The number of carboxylic acid groups (broad SMARTS) is 1. The van der Waals surface area contributed by atoms with Gasteiger partial charge in [-0.1, -0.05) is 60.7 Å². The molecular formula is C25H27N3O3. The Labute approximate surface area is 182 Å². The maximum atomic E-state index is 10.7. The van der Waals surface area contributed by atoms with E-state index in [9.17, 15) is 4.79 Å². The van der Waals surface area contributed by atoms with Crippen LogP contribution in [0.4, 0.5) is 0 Å². The molecule has 1 heterocycles. The highest BCUT2D eigenvalue weighted by Gasteiger charge is 2.22. The first-order chi connectivity index (χ1) is 15.2. The molecule has 1 fully saturated rings. The van der Waals surface area contributed by atoms with Crippen LogP contribution >= 0.6 is 0 Å². The first kappa shape index (κ1) is 21.2. The fraction of sp³-hybridized carbons (Fsp3) is 0.320. The minimum Gasteiger partial charge on any atom is -0.480 e. The fourth-order valence-electron chi connectivity index (χ4n) is 3.99. The van der Waals surface area contributed by atoms with E-state index in [2.05, 4.69) is 29.6 Å². The number of ether oxygens (including phenoxy) is 1. The number of carboxylic acids is 1. The van der Waals surface area contributed by atoms with Crippen molar-refractivity contribution in [1.82, 2.24) is 15.3 Å². The number of rotatable bonds is 8. The van der Waals surface area contributed by atoms with E-state index in [1.165, 1.54) is 0 Å². The summed E-state index contributed by atoms with van der Waals surface area (Å²) < 4.78 is 5.43. The van der Waals surface area contributed by atoms with Gasteiger partial charge in [0, 0.05) is 23.7 Å². The largest absolute Gasteiger partial charge is 0.480 e. The molecule has 6 heteroatoms. The standard InChI is InChI=1S/C25H27N3O3/c29-23(30)17-31-22-13-11-20(12-14-22)26-15-21-16-27-24(18-7-3-1-4-8-18)25(28-21)19-9-5-2-6-10-19/h1-10,16,20,22,26H,11-15,17H2,(H,29,30)/t20-,22-. The zero-order chi connectivity index (χ0) is 21.5. The highest BCUT2D eigenvalue weighted by Crippen LogP contribution is 2.29. The number of aliphatic carboxylic acids is 1. The second kappa shape index (κ2) is 10.3. The van der Waals surface area contributed by atoms with Crippen molar-refractivity contribution in [2.45, 2.75) is 44.4 Å². The van der Waals surface area contributed by atoms with Gasteiger partial charge in [0.05, 0.1) is 29.4 Å². The van der Waals surface area contributed by atoms with Gasteiger partial charge in [0.2, 0.25) is 0 Å². The van der Waals surface area contributed by atoms with Crippen LogP contribution in [0.5, 0.6) is 0 Å². The molecule has 4 rings (SSSR count). The first-order valence-corrected chi connectivity index (χ1v) is 10.7. The Morgan fingerprint density at radius 3 is 2.16 bits per heavy atom. The lowest BCUT2D eigenvalue weighted by Gasteiger charge is -2.28. The lowest BCUT2D eigenvalue weighted by atomic mass is 9.93. The molecule has 1 aliphatic rings. The van der Waals surface area contributed by atoms with Crippen molar-refractivity contribution in [3.05, 3.63) is 72.6 Å². The van der Waals surface area contributed by atoms with Crippen molar-refractivity contribution in [2.75, 3.05) is 6.61 Å². The average Bonchev–Trinajstić information content (AvgIpc) is 2.83. The normalized spacial score (nSPS) is 18.6. The lowest BCUT2D eigenvalue weighted by Crippen LogP contribution is -2.35. The van der Waals surface area contributed by atoms with E-state index in [-0.39, 0.29) is 12.7 Å². The van der Waals surface area contributed by atoms with Gasteiger partial charge in [-0.25, -0.2) is 9.78 Å². The number of nitrogens with one attached hydrogen (secondary N) is 1. The number of aromatic nitrogens is 2. The van der Waals surface area contributed by atoms with E-state index in [4.69, 9.17) is 19.8 Å². The summed E-state index contributed by atoms with van der Waals surface area (Å²) in [5, 5.41) is 12.3. The number of nitrogens with zero attached hydrogens (tertiary/aromatic N) is 2. The van der Waals surface area contributed by atoms with Gasteiger partial charge in [-0.2, -0.15) is 0 Å². The Morgan fingerprint density at radius 1 is 0.935 bits per heavy atom. The summed E-state index contributed by atoms with van der Waals surface area (Å²) in [6.45, 7) is 0.432. The molecule has 1 aromatic heterocycles. The minimum absolute atomic E-state index is 0.0452. The Kier molecular flexibility index (Phi) is 7.02. The third-order valence-electron chi connectivity index (χ3n) is 5.61. The lowest BCUT2D eigenvalue weighted by molar-refractivity contribution is -0.145. The van der Waals surface area contributed by atoms with Crippen LogP contribution in [0.2, 0.25) is 0 Å². The zero-order valence-corrected chi connectivity index (χ0v) is 17.4. The molecular weight excluding hydrogens is 390 g/mol. The quantitative estimate of drug-likeness (QED) is 0.568. The Hall–Kier alpha value is -3.09. The SMILES string of the molecule is O=C(O)CO[C@H]1CC[C@H](NCc2cnc(-c3ccccc3)c(-c3ccccc3)n2)CC1. The molecule has 0 atom stereocenters. The Morgan fingerprint density at radius 2 is 1.55 bits per heavy atom. The summed E-state index contributed by atoms with van der Waals surface area (Å²) >= 11 is 0. The molecule has 31 heavy (non-hydrogen) atoms. The van der Waals surface area contributed by atoms with Gasteiger partial charge in [-0.3, -0.25) is 4.98 Å². The first-order valence-electron chi connectivity index (χ1n) is 10.7. The molecule has 0 radical (unpaired) electrons. The Bertz CT molecular complexity index is 987. The minimum atomic E-state index is -0.910.